The third kappa shape index (κ3) is 3.92. The van der Waals surface area contributed by atoms with Crippen LogP contribution in [0.25, 0.3) is 0 Å². The number of nitrogens with one attached hydrogen (secondary N) is 1. The van der Waals surface area contributed by atoms with Gasteiger partial charge in [0.15, 0.2) is 0 Å². The van der Waals surface area contributed by atoms with Crippen LogP contribution in [0.3, 0.4) is 0 Å². The Morgan fingerprint density at radius 2 is 1.84 bits per heavy atom. The Bertz CT molecular complexity index is 368. The van der Waals surface area contributed by atoms with Gasteiger partial charge in [-0.2, -0.15) is 4.31 Å². The zero-order valence-corrected chi connectivity index (χ0v) is 12.9. The molecule has 0 aromatic carbocycles. The first kappa shape index (κ1) is 15.3. The van der Waals surface area contributed by atoms with Crippen molar-refractivity contribution in [1.29, 1.82) is 0 Å². The monoisotopic (exact) mass is 288 g/mol. The number of nitrogens with zero attached hydrogens (tertiary/aromatic N) is 1. The van der Waals surface area contributed by atoms with Crippen molar-refractivity contribution in [2.75, 3.05) is 25.9 Å². The van der Waals surface area contributed by atoms with Gasteiger partial charge >= 0.3 is 0 Å². The molecule has 2 atom stereocenters. The standard InChI is InChI=1S/C14H28N2O2S/c1-15-10-4-5-12-19(17,18)16-11-6-8-13-7-2-3-9-14(13)16/h13-15H,2-12H2,1H3/t13-,14-/m1/s1. The van der Waals surface area contributed by atoms with Crippen molar-refractivity contribution in [3.05, 3.63) is 0 Å². The van der Waals surface area contributed by atoms with Crippen molar-refractivity contribution in [2.45, 2.75) is 57.4 Å². The van der Waals surface area contributed by atoms with Gasteiger partial charge in [-0.25, -0.2) is 8.42 Å². The molecular weight excluding hydrogens is 260 g/mol. The lowest BCUT2D eigenvalue weighted by molar-refractivity contribution is 0.129. The maximum atomic E-state index is 12.5. The van der Waals surface area contributed by atoms with Crippen LogP contribution in [-0.2, 0) is 10.0 Å². The zero-order valence-electron chi connectivity index (χ0n) is 12.1. The summed E-state index contributed by atoms with van der Waals surface area (Å²) in [5.74, 6) is 0.965. The minimum Gasteiger partial charge on any atom is -0.320 e. The minimum absolute atomic E-state index is 0.316. The van der Waals surface area contributed by atoms with Gasteiger partial charge in [-0.1, -0.05) is 12.8 Å². The highest BCUT2D eigenvalue weighted by Crippen LogP contribution is 2.36. The van der Waals surface area contributed by atoms with Crippen LogP contribution in [0, 0.1) is 5.92 Å². The average Bonchev–Trinajstić information content (AvgIpc) is 2.43. The molecule has 0 unspecified atom stereocenters. The molecule has 1 aliphatic carbocycles. The molecule has 1 aliphatic heterocycles. The maximum absolute atomic E-state index is 12.5. The van der Waals surface area contributed by atoms with Crippen molar-refractivity contribution >= 4 is 10.0 Å². The quantitative estimate of drug-likeness (QED) is 0.760. The first-order chi connectivity index (χ1) is 9.15. The van der Waals surface area contributed by atoms with Gasteiger partial charge in [0.1, 0.15) is 0 Å². The normalized spacial score (nSPS) is 29.1. The van der Waals surface area contributed by atoms with Crippen molar-refractivity contribution in [1.82, 2.24) is 9.62 Å². The van der Waals surface area contributed by atoms with E-state index in [9.17, 15) is 8.42 Å². The van der Waals surface area contributed by atoms with Crippen molar-refractivity contribution in [3.63, 3.8) is 0 Å². The van der Waals surface area contributed by atoms with Gasteiger partial charge in [0, 0.05) is 12.6 Å². The van der Waals surface area contributed by atoms with E-state index in [1.165, 1.54) is 25.7 Å². The number of hydrogen-bond acceptors (Lipinski definition) is 3. The molecule has 19 heavy (non-hydrogen) atoms. The fraction of sp³-hybridized carbons (Fsp3) is 1.00. The summed E-state index contributed by atoms with van der Waals surface area (Å²) in [6.07, 6.45) is 8.81. The summed E-state index contributed by atoms with van der Waals surface area (Å²) in [6.45, 7) is 1.66. The number of piperidine rings is 1. The van der Waals surface area contributed by atoms with Gasteiger partial charge in [-0.3, -0.25) is 0 Å². The summed E-state index contributed by atoms with van der Waals surface area (Å²) in [5.41, 5.74) is 0. The van der Waals surface area contributed by atoms with Gasteiger partial charge in [0.2, 0.25) is 10.0 Å². The van der Waals surface area contributed by atoms with E-state index in [0.29, 0.717) is 17.7 Å². The van der Waals surface area contributed by atoms with E-state index in [0.717, 1.165) is 38.8 Å². The van der Waals surface area contributed by atoms with E-state index in [1.807, 2.05) is 11.4 Å². The van der Waals surface area contributed by atoms with Crippen LogP contribution < -0.4 is 5.32 Å². The molecule has 112 valence electrons. The molecule has 2 fully saturated rings. The van der Waals surface area contributed by atoms with Crippen LogP contribution in [0.1, 0.15) is 51.4 Å². The van der Waals surface area contributed by atoms with Crippen LogP contribution in [0.5, 0.6) is 0 Å². The van der Waals surface area contributed by atoms with E-state index < -0.39 is 10.0 Å². The zero-order chi connectivity index (χ0) is 13.7. The summed E-state index contributed by atoms with van der Waals surface area (Å²) >= 11 is 0. The van der Waals surface area contributed by atoms with Crippen molar-refractivity contribution in [3.8, 4) is 0 Å². The fourth-order valence-electron chi connectivity index (χ4n) is 3.63. The van der Waals surface area contributed by atoms with E-state index in [4.69, 9.17) is 0 Å². The highest BCUT2D eigenvalue weighted by molar-refractivity contribution is 7.89. The minimum atomic E-state index is -3.03. The second-order valence-corrected chi connectivity index (χ2v) is 8.03. The Kier molecular flexibility index (Phi) is 5.66. The summed E-state index contributed by atoms with van der Waals surface area (Å²) in [6, 6.07) is 0.316. The first-order valence-electron chi connectivity index (χ1n) is 7.79. The molecule has 1 heterocycles. The molecule has 0 bridgehead atoms. The number of unbranched alkanes of at least 4 members (excludes halogenated alkanes) is 1. The molecular formula is C14H28N2O2S. The van der Waals surface area contributed by atoms with Crippen LogP contribution in [0.4, 0.5) is 0 Å². The maximum Gasteiger partial charge on any atom is 0.214 e. The molecule has 1 saturated heterocycles. The van der Waals surface area contributed by atoms with E-state index >= 15 is 0 Å². The average molecular weight is 288 g/mol. The molecule has 2 rings (SSSR count). The van der Waals surface area contributed by atoms with E-state index in [2.05, 4.69) is 5.32 Å². The number of fused-ring (bicyclic) bond motifs is 1. The predicted molar refractivity (Wildman–Crippen MR) is 78.6 cm³/mol. The van der Waals surface area contributed by atoms with Crippen molar-refractivity contribution in [2.24, 2.45) is 5.92 Å². The molecule has 0 aromatic heterocycles. The number of sulfonamides is 1. The first-order valence-corrected chi connectivity index (χ1v) is 9.40. The van der Waals surface area contributed by atoms with E-state index in [1.54, 1.807) is 0 Å². The molecule has 4 nitrogen and oxygen atoms in total. The summed E-state index contributed by atoms with van der Waals surface area (Å²) in [7, 11) is -1.12. The second kappa shape index (κ2) is 7.04. The van der Waals surface area contributed by atoms with Gasteiger partial charge in [-0.15, -0.1) is 0 Å². The Hall–Kier alpha value is -0.130. The van der Waals surface area contributed by atoms with Crippen LogP contribution in [0.2, 0.25) is 0 Å². The smallest absolute Gasteiger partial charge is 0.214 e. The molecule has 1 N–H and O–H groups in total. The van der Waals surface area contributed by atoms with E-state index in [-0.39, 0.29) is 0 Å². The third-order valence-corrected chi connectivity index (χ3v) is 6.60. The van der Waals surface area contributed by atoms with Crippen LogP contribution >= 0.6 is 0 Å². The molecule has 2 aliphatic rings. The summed E-state index contributed by atoms with van der Waals surface area (Å²) in [4.78, 5) is 0. The topological polar surface area (TPSA) is 49.4 Å². The fourth-order valence-corrected chi connectivity index (χ4v) is 5.53. The largest absolute Gasteiger partial charge is 0.320 e. The van der Waals surface area contributed by atoms with Gasteiger partial charge in [0.25, 0.3) is 0 Å². The van der Waals surface area contributed by atoms with Gasteiger partial charge < -0.3 is 5.32 Å². The molecule has 0 aromatic rings. The second-order valence-electron chi connectivity index (χ2n) is 5.99. The summed E-state index contributed by atoms with van der Waals surface area (Å²) in [5, 5.41) is 3.07. The Morgan fingerprint density at radius 1 is 1.11 bits per heavy atom. The predicted octanol–water partition coefficient (Wildman–Crippen LogP) is 1.97. The molecule has 0 amide bonds. The SMILES string of the molecule is CNCCCCS(=O)(=O)N1CCC[C@H]2CCCC[C@H]21. The molecule has 1 saturated carbocycles. The third-order valence-electron chi connectivity index (χ3n) is 4.63. The Balaban J connectivity index is 1.93. The highest BCUT2D eigenvalue weighted by atomic mass is 32.2. The summed E-state index contributed by atoms with van der Waals surface area (Å²) < 4.78 is 26.9. The lowest BCUT2D eigenvalue weighted by Gasteiger charge is -2.43. The van der Waals surface area contributed by atoms with Gasteiger partial charge in [0.05, 0.1) is 5.75 Å². The van der Waals surface area contributed by atoms with Crippen LogP contribution in [0.15, 0.2) is 0 Å². The Morgan fingerprint density at radius 3 is 2.63 bits per heavy atom. The number of rotatable bonds is 6. The molecule has 0 spiro atoms. The van der Waals surface area contributed by atoms with Gasteiger partial charge in [-0.05, 0) is 58.0 Å². The van der Waals surface area contributed by atoms with Crippen molar-refractivity contribution < 1.29 is 8.42 Å². The lowest BCUT2D eigenvalue weighted by Crippen LogP contribution is -2.50. The molecule has 0 radical (unpaired) electrons. The number of hydrogen-bond donors (Lipinski definition) is 1. The van der Waals surface area contributed by atoms with Crippen LogP contribution in [-0.4, -0.2) is 44.7 Å². The Labute approximate surface area is 118 Å². The lowest BCUT2D eigenvalue weighted by atomic mass is 9.79. The highest BCUT2D eigenvalue weighted by Gasteiger charge is 2.38. The molecule has 5 heteroatoms.